The highest BCUT2D eigenvalue weighted by Gasteiger charge is 1.97. The molecule has 1 aromatic rings. The van der Waals surface area contributed by atoms with E-state index in [1.54, 1.807) is 0 Å². The minimum Gasteiger partial charge on any atom is -0.372 e. The molecule has 9 nitrogen and oxygen atoms in total. The van der Waals surface area contributed by atoms with Crippen molar-refractivity contribution in [2.24, 2.45) is 21.5 Å². The summed E-state index contributed by atoms with van der Waals surface area (Å²) in [6.45, 7) is 0.308. The van der Waals surface area contributed by atoms with Crippen molar-refractivity contribution in [2.45, 2.75) is 13.2 Å². The molecule has 1 rings (SSSR count). The highest BCUT2D eigenvalue weighted by Crippen LogP contribution is 1.99. The zero-order valence-corrected chi connectivity index (χ0v) is 7.69. The number of hydrogen-bond donors (Lipinski definition) is 1. The highest BCUT2D eigenvalue weighted by atomic mass is 16.6. The van der Waals surface area contributed by atoms with Gasteiger partial charge in [0.15, 0.2) is 6.61 Å². The summed E-state index contributed by atoms with van der Waals surface area (Å²) < 4.78 is 0. The van der Waals surface area contributed by atoms with E-state index in [1.807, 2.05) is 0 Å². The van der Waals surface area contributed by atoms with E-state index >= 15 is 0 Å². The lowest BCUT2D eigenvalue weighted by Crippen LogP contribution is -1.96. The number of nitrogens with zero attached hydrogens (tertiary/aromatic N) is 7. The van der Waals surface area contributed by atoms with Gasteiger partial charge in [0, 0.05) is 16.4 Å². The van der Waals surface area contributed by atoms with Crippen LogP contribution in [0.3, 0.4) is 0 Å². The molecule has 1 heterocycles. The fourth-order valence-electron chi connectivity index (χ4n) is 0.770. The third-order valence-corrected chi connectivity index (χ3v) is 1.37. The van der Waals surface area contributed by atoms with Gasteiger partial charge in [-0.15, -0.1) is 0 Å². The first-order valence-electron chi connectivity index (χ1n) is 3.89. The van der Waals surface area contributed by atoms with Crippen molar-refractivity contribution in [1.29, 1.82) is 0 Å². The maximum atomic E-state index is 8.08. The van der Waals surface area contributed by atoms with Crippen molar-refractivity contribution >= 4 is 0 Å². The molecule has 0 radical (unpaired) electrons. The van der Waals surface area contributed by atoms with Gasteiger partial charge in [-0.25, -0.2) is 0 Å². The van der Waals surface area contributed by atoms with Gasteiger partial charge in [0.25, 0.3) is 0 Å². The zero-order chi connectivity index (χ0) is 10.9. The van der Waals surface area contributed by atoms with Crippen LogP contribution in [0.2, 0.25) is 0 Å². The van der Waals surface area contributed by atoms with Crippen molar-refractivity contribution < 1.29 is 4.84 Å². The predicted molar refractivity (Wildman–Crippen MR) is 48.7 cm³/mol. The van der Waals surface area contributed by atoms with Crippen LogP contribution in [0.4, 0.5) is 0 Å². The molecule has 0 bridgehead atoms. The molecule has 0 aliphatic heterocycles. The molecule has 0 spiro atoms. The molecule has 78 valence electrons. The summed E-state index contributed by atoms with van der Waals surface area (Å²) in [7, 11) is 0. The third kappa shape index (κ3) is 3.87. The van der Waals surface area contributed by atoms with E-state index in [0.717, 1.165) is 0 Å². The number of azide groups is 1. The lowest BCUT2D eigenvalue weighted by atomic mass is 10.4. The van der Waals surface area contributed by atoms with Crippen LogP contribution in [0.25, 0.3) is 10.4 Å². The molecule has 9 heteroatoms. The van der Waals surface area contributed by atoms with Crippen LogP contribution >= 0.6 is 0 Å². The molecule has 0 atom stereocenters. The Bertz CT molecular complexity index is 367. The smallest absolute Gasteiger partial charge is 0.162 e. The first kappa shape index (κ1) is 10.7. The monoisotopic (exact) mass is 208 g/mol. The van der Waals surface area contributed by atoms with Gasteiger partial charge in [-0.2, -0.15) is 0 Å². The Labute approximate surface area is 84.6 Å². The van der Waals surface area contributed by atoms with Crippen LogP contribution in [0.1, 0.15) is 11.4 Å². The molecular weight excluding hydrogens is 200 g/mol. The summed E-state index contributed by atoms with van der Waals surface area (Å²) in [5.74, 6) is 4.72. The number of rotatable bonds is 5. The predicted octanol–water partition coefficient (Wildman–Crippen LogP) is 1.04. The Morgan fingerprint density at radius 3 is 2.73 bits per heavy atom. The summed E-state index contributed by atoms with van der Waals surface area (Å²) in [4.78, 5) is 15.2. The molecule has 2 N–H and O–H groups in total. The van der Waals surface area contributed by atoms with Crippen LogP contribution in [-0.4, -0.2) is 9.97 Å². The SMILES string of the molecule is [N-]=[N+]=NCc1cnc(CON=NN)cn1. The van der Waals surface area contributed by atoms with Gasteiger partial charge in [0.2, 0.25) is 0 Å². The van der Waals surface area contributed by atoms with E-state index in [4.69, 9.17) is 11.4 Å². The Morgan fingerprint density at radius 1 is 1.40 bits per heavy atom. The van der Waals surface area contributed by atoms with Crippen molar-refractivity contribution in [3.05, 3.63) is 34.2 Å². The van der Waals surface area contributed by atoms with E-state index in [2.05, 4.69) is 35.3 Å². The summed E-state index contributed by atoms with van der Waals surface area (Å²) >= 11 is 0. The van der Waals surface area contributed by atoms with Crippen molar-refractivity contribution in [3.63, 3.8) is 0 Å². The van der Waals surface area contributed by atoms with Crippen LogP contribution in [0, 0.1) is 0 Å². The molecule has 0 aliphatic rings. The molecule has 0 saturated heterocycles. The second kappa shape index (κ2) is 6.11. The van der Waals surface area contributed by atoms with Gasteiger partial charge in [-0.05, 0) is 10.8 Å². The normalized spacial score (nSPS) is 9.87. The van der Waals surface area contributed by atoms with Gasteiger partial charge in [0.1, 0.15) is 0 Å². The summed E-state index contributed by atoms with van der Waals surface area (Å²) in [5, 5.41) is 9.36. The Morgan fingerprint density at radius 2 is 2.13 bits per heavy atom. The largest absolute Gasteiger partial charge is 0.372 e. The van der Waals surface area contributed by atoms with Crippen LogP contribution in [0.5, 0.6) is 0 Å². The van der Waals surface area contributed by atoms with E-state index in [9.17, 15) is 0 Å². The molecule has 0 aliphatic carbocycles. The van der Waals surface area contributed by atoms with Gasteiger partial charge >= 0.3 is 0 Å². The fourth-order valence-corrected chi connectivity index (χ4v) is 0.770. The van der Waals surface area contributed by atoms with E-state index in [0.29, 0.717) is 11.4 Å². The Balaban J connectivity index is 2.51. The average molecular weight is 208 g/mol. The summed E-state index contributed by atoms with van der Waals surface area (Å²) in [5.41, 5.74) is 9.24. The Hall–Kier alpha value is -2.41. The van der Waals surface area contributed by atoms with Crippen molar-refractivity contribution in [1.82, 2.24) is 9.97 Å². The first-order chi connectivity index (χ1) is 7.36. The van der Waals surface area contributed by atoms with Crippen molar-refractivity contribution in [2.75, 3.05) is 0 Å². The number of aromatic nitrogens is 2. The molecular formula is C6H8N8O. The Kier molecular flexibility index (Phi) is 4.34. The van der Waals surface area contributed by atoms with Gasteiger partial charge < -0.3 is 10.7 Å². The topological polar surface area (TPSA) is 135 Å². The minimum absolute atomic E-state index is 0.134. The van der Waals surface area contributed by atoms with Crippen LogP contribution < -0.4 is 5.84 Å². The maximum Gasteiger partial charge on any atom is 0.162 e. The lowest BCUT2D eigenvalue weighted by Gasteiger charge is -1.98. The minimum atomic E-state index is 0.134. The van der Waals surface area contributed by atoms with Crippen LogP contribution in [0.15, 0.2) is 28.0 Å². The maximum absolute atomic E-state index is 8.08. The lowest BCUT2D eigenvalue weighted by molar-refractivity contribution is 0.105. The average Bonchev–Trinajstić information content (AvgIpc) is 2.28. The second-order valence-electron chi connectivity index (χ2n) is 2.36. The van der Waals surface area contributed by atoms with Gasteiger partial charge in [-0.3, -0.25) is 9.97 Å². The van der Waals surface area contributed by atoms with Crippen molar-refractivity contribution in [3.8, 4) is 0 Å². The third-order valence-electron chi connectivity index (χ3n) is 1.37. The second-order valence-corrected chi connectivity index (χ2v) is 2.36. The first-order valence-corrected chi connectivity index (χ1v) is 3.89. The van der Waals surface area contributed by atoms with Gasteiger partial charge in [0.05, 0.1) is 24.1 Å². The fraction of sp³-hybridized carbons (Fsp3) is 0.333. The quantitative estimate of drug-likeness (QED) is 0.254. The standard InChI is InChI=1S/C6H8N8O/c7-12-11-3-5-1-10-6(2-9-5)4-15-14-13-8/h1-2H,3-4H2,(H2,8,14). The van der Waals surface area contributed by atoms with E-state index in [-0.39, 0.29) is 13.2 Å². The molecule has 1 aromatic heterocycles. The summed E-state index contributed by atoms with van der Waals surface area (Å²) in [6, 6.07) is 0. The number of hydrogen-bond acceptors (Lipinski definition) is 6. The molecule has 0 saturated carbocycles. The van der Waals surface area contributed by atoms with E-state index in [1.165, 1.54) is 12.4 Å². The molecule has 0 amide bonds. The van der Waals surface area contributed by atoms with Gasteiger partial charge in [-0.1, -0.05) is 5.11 Å². The zero-order valence-electron chi connectivity index (χ0n) is 7.69. The van der Waals surface area contributed by atoms with E-state index < -0.39 is 0 Å². The van der Waals surface area contributed by atoms with Crippen LogP contribution in [-0.2, 0) is 18.0 Å². The molecule has 0 aromatic carbocycles. The molecule has 0 unspecified atom stereocenters. The molecule has 0 fully saturated rings. The molecule has 15 heavy (non-hydrogen) atoms. The summed E-state index contributed by atoms with van der Waals surface area (Å²) in [6.07, 6.45) is 2.99. The number of nitrogens with two attached hydrogens (primary N) is 1. The highest BCUT2D eigenvalue weighted by molar-refractivity contribution is 5.01.